The molecule has 0 radical (unpaired) electrons. The van der Waals surface area contributed by atoms with Crippen LogP contribution in [0, 0.1) is 0 Å². The summed E-state index contributed by atoms with van der Waals surface area (Å²) in [6, 6.07) is 8.57. The molecule has 1 aromatic carbocycles. The van der Waals surface area contributed by atoms with Crippen molar-refractivity contribution in [2.45, 2.75) is 46.6 Å². The van der Waals surface area contributed by atoms with Crippen molar-refractivity contribution < 1.29 is 4.79 Å². The maximum atomic E-state index is 12.9. The van der Waals surface area contributed by atoms with Crippen LogP contribution in [0.2, 0.25) is 0 Å². The van der Waals surface area contributed by atoms with E-state index >= 15 is 0 Å². The maximum absolute atomic E-state index is 12.9. The lowest BCUT2D eigenvalue weighted by Crippen LogP contribution is -2.50. The molecule has 4 rings (SSSR count). The van der Waals surface area contributed by atoms with Crippen LogP contribution in [0.15, 0.2) is 24.3 Å². The molecule has 1 aliphatic heterocycles. The van der Waals surface area contributed by atoms with Crippen LogP contribution in [0.3, 0.4) is 0 Å². The van der Waals surface area contributed by atoms with Gasteiger partial charge in [-0.3, -0.25) is 4.79 Å². The highest BCUT2D eigenvalue weighted by Crippen LogP contribution is 2.34. The molecule has 184 valence electrons. The van der Waals surface area contributed by atoms with Crippen molar-refractivity contribution in [2.75, 3.05) is 56.5 Å². The highest BCUT2D eigenvalue weighted by molar-refractivity contribution is 7.20. The Morgan fingerprint density at radius 1 is 1.12 bits per heavy atom. The Kier molecular flexibility index (Phi) is 7.14. The molecule has 1 aliphatic rings. The molecule has 0 bridgehead atoms. The standard InChI is InChI=1S/C25H37N7OS/c1-7-18-9-11-19(12-10-18)21-22(27-25(3,4)5)32-23(26-21)34-24(28-32)29(6)17-20(33)31-15-13-30(8-2)14-16-31/h9-12,27H,7-8,13-17H2,1-6H3. The first kappa shape index (κ1) is 24.5. The van der Waals surface area contributed by atoms with Gasteiger partial charge in [0.15, 0.2) is 5.82 Å². The molecule has 2 aromatic heterocycles. The van der Waals surface area contributed by atoms with Crippen LogP contribution in [-0.4, -0.2) is 82.2 Å². The number of carbonyl (C=O) groups is 1. The summed E-state index contributed by atoms with van der Waals surface area (Å²) in [5.74, 6) is 1.03. The van der Waals surface area contributed by atoms with Gasteiger partial charge in [-0.2, -0.15) is 4.52 Å². The van der Waals surface area contributed by atoms with Crippen LogP contribution in [0.5, 0.6) is 0 Å². The summed E-state index contributed by atoms with van der Waals surface area (Å²) in [6.07, 6.45) is 1.01. The van der Waals surface area contributed by atoms with E-state index in [0.29, 0.717) is 6.54 Å². The number of hydrogen-bond donors (Lipinski definition) is 1. The van der Waals surface area contributed by atoms with Crippen molar-refractivity contribution in [1.82, 2.24) is 24.4 Å². The van der Waals surface area contributed by atoms with Gasteiger partial charge in [0.2, 0.25) is 16.0 Å². The van der Waals surface area contributed by atoms with E-state index in [2.05, 4.69) is 69.1 Å². The second-order valence-corrected chi connectivity index (χ2v) is 10.9. The number of aryl methyl sites for hydroxylation is 1. The van der Waals surface area contributed by atoms with Crippen LogP contribution in [-0.2, 0) is 11.2 Å². The number of fused-ring (bicyclic) bond motifs is 1. The number of carbonyl (C=O) groups excluding carboxylic acids is 1. The molecule has 1 fully saturated rings. The Morgan fingerprint density at radius 3 is 2.38 bits per heavy atom. The maximum Gasteiger partial charge on any atom is 0.242 e. The van der Waals surface area contributed by atoms with E-state index in [1.807, 2.05) is 21.4 Å². The van der Waals surface area contributed by atoms with E-state index in [1.165, 1.54) is 16.9 Å². The quantitative estimate of drug-likeness (QED) is 0.551. The Balaban J connectivity index is 1.57. The lowest BCUT2D eigenvalue weighted by atomic mass is 10.1. The van der Waals surface area contributed by atoms with Crippen molar-refractivity contribution in [3.8, 4) is 11.3 Å². The summed E-state index contributed by atoms with van der Waals surface area (Å²) in [7, 11) is 1.93. The largest absolute Gasteiger partial charge is 0.364 e. The topological polar surface area (TPSA) is 69.0 Å². The molecule has 0 saturated carbocycles. The number of rotatable bonds is 7. The minimum Gasteiger partial charge on any atom is -0.364 e. The third-order valence-electron chi connectivity index (χ3n) is 6.19. The summed E-state index contributed by atoms with van der Waals surface area (Å²) in [5, 5.41) is 9.24. The lowest BCUT2D eigenvalue weighted by Gasteiger charge is -2.34. The number of amides is 1. The molecule has 34 heavy (non-hydrogen) atoms. The minimum absolute atomic E-state index is 0.149. The van der Waals surface area contributed by atoms with Gasteiger partial charge in [-0.05, 0) is 39.3 Å². The zero-order valence-corrected chi connectivity index (χ0v) is 22.1. The van der Waals surface area contributed by atoms with Crippen molar-refractivity contribution in [2.24, 2.45) is 0 Å². The Hall–Kier alpha value is -2.65. The molecule has 8 nitrogen and oxygen atoms in total. The van der Waals surface area contributed by atoms with Gasteiger partial charge in [0, 0.05) is 44.3 Å². The third kappa shape index (κ3) is 5.36. The van der Waals surface area contributed by atoms with Crippen LogP contribution < -0.4 is 10.2 Å². The summed E-state index contributed by atoms with van der Waals surface area (Å²) in [4.78, 5) is 24.9. The van der Waals surface area contributed by atoms with Crippen molar-refractivity contribution in [3.05, 3.63) is 29.8 Å². The number of benzene rings is 1. The monoisotopic (exact) mass is 483 g/mol. The molecule has 9 heteroatoms. The molecule has 3 heterocycles. The number of anilines is 2. The van der Waals surface area contributed by atoms with E-state index in [-0.39, 0.29) is 11.4 Å². The first-order valence-electron chi connectivity index (χ1n) is 12.2. The van der Waals surface area contributed by atoms with E-state index in [0.717, 1.165) is 66.3 Å². The molecular formula is C25H37N7OS. The third-order valence-corrected chi connectivity index (χ3v) is 7.22. The van der Waals surface area contributed by atoms with Gasteiger partial charge >= 0.3 is 0 Å². The molecule has 1 N–H and O–H groups in total. The van der Waals surface area contributed by atoms with E-state index in [9.17, 15) is 4.79 Å². The van der Waals surface area contributed by atoms with Gasteiger partial charge in [0.25, 0.3) is 0 Å². The summed E-state index contributed by atoms with van der Waals surface area (Å²) >= 11 is 1.51. The van der Waals surface area contributed by atoms with Crippen molar-refractivity contribution in [3.63, 3.8) is 0 Å². The lowest BCUT2D eigenvalue weighted by molar-refractivity contribution is -0.131. The predicted octanol–water partition coefficient (Wildman–Crippen LogP) is 3.83. The Labute approximate surface area is 206 Å². The van der Waals surface area contributed by atoms with Crippen LogP contribution >= 0.6 is 11.3 Å². The zero-order valence-electron chi connectivity index (χ0n) is 21.3. The van der Waals surface area contributed by atoms with Crippen LogP contribution in [0.4, 0.5) is 10.9 Å². The number of piperazine rings is 1. The number of imidazole rings is 1. The fourth-order valence-electron chi connectivity index (χ4n) is 4.14. The number of likely N-dealkylation sites (N-methyl/N-ethyl adjacent to an activating group) is 2. The summed E-state index contributed by atoms with van der Waals surface area (Å²) in [5.41, 5.74) is 3.12. The van der Waals surface area contributed by atoms with E-state index < -0.39 is 0 Å². The molecule has 0 aliphatic carbocycles. The predicted molar refractivity (Wildman–Crippen MR) is 141 cm³/mol. The average molecular weight is 484 g/mol. The Bertz CT molecular complexity index is 1120. The number of aromatic nitrogens is 3. The summed E-state index contributed by atoms with van der Waals surface area (Å²) in [6.45, 7) is 15.5. The van der Waals surface area contributed by atoms with E-state index in [1.54, 1.807) is 0 Å². The van der Waals surface area contributed by atoms with Crippen LogP contribution in [0.1, 0.15) is 40.2 Å². The molecule has 0 atom stereocenters. The summed E-state index contributed by atoms with van der Waals surface area (Å²) < 4.78 is 1.88. The first-order chi connectivity index (χ1) is 16.2. The number of nitrogens with zero attached hydrogens (tertiary/aromatic N) is 6. The minimum atomic E-state index is -0.152. The Morgan fingerprint density at radius 2 is 1.79 bits per heavy atom. The smallest absolute Gasteiger partial charge is 0.242 e. The number of nitrogens with one attached hydrogen (secondary N) is 1. The van der Waals surface area contributed by atoms with Gasteiger partial charge in [-0.25, -0.2) is 4.98 Å². The molecule has 3 aromatic rings. The second kappa shape index (κ2) is 9.92. The van der Waals surface area contributed by atoms with Gasteiger partial charge in [0.05, 0.1) is 6.54 Å². The van der Waals surface area contributed by atoms with Crippen LogP contribution in [0.25, 0.3) is 16.2 Å². The SMILES string of the molecule is CCc1ccc(-c2nc3sc(N(C)CC(=O)N4CCN(CC)CC4)nn3c2NC(C)(C)C)cc1. The molecular weight excluding hydrogens is 446 g/mol. The fraction of sp³-hybridized carbons (Fsp3) is 0.560. The second-order valence-electron chi connectivity index (χ2n) is 9.98. The van der Waals surface area contributed by atoms with Gasteiger partial charge in [-0.1, -0.05) is 49.4 Å². The van der Waals surface area contributed by atoms with E-state index in [4.69, 9.17) is 10.1 Å². The fourth-order valence-corrected chi connectivity index (χ4v) is 5.01. The van der Waals surface area contributed by atoms with Crippen molar-refractivity contribution in [1.29, 1.82) is 0 Å². The number of hydrogen-bond acceptors (Lipinski definition) is 7. The first-order valence-corrected chi connectivity index (χ1v) is 13.0. The highest BCUT2D eigenvalue weighted by Gasteiger charge is 2.25. The highest BCUT2D eigenvalue weighted by atomic mass is 32.1. The normalized spacial score (nSPS) is 15.2. The molecule has 0 unspecified atom stereocenters. The molecule has 1 amide bonds. The molecule has 1 saturated heterocycles. The average Bonchev–Trinajstić information content (AvgIpc) is 3.37. The zero-order chi connectivity index (χ0) is 24.5. The van der Waals surface area contributed by atoms with Crippen molar-refractivity contribution >= 4 is 33.2 Å². The van der Waals surface area contributed by atoms with Gasteiger partial charge in [0.1, 0.15) is 5.69 Å². The molecule has 0 spiro atoms. The van der Waals surface area contributed by atoms with Gasteiger partial charge in [-0.15, -0.1) is 5.10 Å². The van der Waals surface area contributed by atoms with Gasteiger partial charge < -0.3 is 20.0 Å².